The van der Waals surface area contributed by atoms with Crippen molar-refractivity contribution in [3.63, 3.8) is 0 Å². The summed E-state index contributed by atoms with van der Waals surface area (Å²) >= 11 is 5.91. The monoisotopic (exact) mass is 357 g/mol. The quantitative estimate of drug-likeness (QED) is 0.841. The van der Waals surface area contributed by atoms with E-state index in [4.69, 9.17) is 11.6 Å². The van der Waals surface area contributed by atoms with Crippen LogP contribution in [0.25, 0.3) is 0 Å². The molecule has 0 atom stereocenters. The van der Waals surface area contributed by atoms with Gasteiger partial charge in [0.15, 0.2) is 0 Å². The summed E-state index contributed by atoms with van der Waals surface area (Å²) in [5.41, 5.74) is 2.56. The molecule has 0 spiro atoms. The van der Waals surface area contributed by atoms with E-state index in [0.29, 0.717) is 36.9 Å². The number of nitrogens with zero attached hydrogens (tertiary/aromatic N) is 2. The zero-order valence-corrected chi connectivity index (χ0v) is 14.8. The van der Waals surface area contributed by atoms with Crippen LogP contribution < -0.4 is 10.2 Å². The van der Waals surface area contributed by atoms with Gasteiger partial charge in [-0.05, 0) is 42.8 Å². The van der Waals surface area contributed by atoms with Crippen molar-refractivity contribution in [1.29, 1.82) is 0 Å². The molecule has 1 aliphatic rings. The molecule has 0 saturated carbocycles. The number of hydrogen-bond acceptors (Lipinski definition) is 3. The number of carbonyl (C=O) groups is 2. The number of hydrogen-bond donors (Lipinski definition) is 1. The highest BCUT2D eigenvalue weighted by molar-refractivity contribution is 6.39. The lowest BCUT2D eigenvalue weighted by molar-refractivity contribution is -0.143. The molecule has 2 amide bonds. The van der Waals surface area contributed by atoms with E-state index in [1.54, 1.807) is 23.1 Å². The lowest BCUT2D eigenvalue weighted by Crippen LogP contribution is -2.51. The fourth-order valence-corrected chi connectivity index (χ4v) is 3.12. The van der Waals surface area contributed by atoms with Crippen LogP contribution in [0.15, 0.2) is 48.5 Å². The van der Waals surface area contributed by atoms with Gasteiger partial charge in [0.25, 0.3) is 0 Å². The van der Waals surface area contributed by atoms with Crippen LogP contribution in [0.5, 0.6) is 0 Å². The lowest BCUT2D eigenvalue weighted by Gasteiger charge is -2.35. The fourth-order valence-electron chi connectivity index (χ4n) is 2.89. The Bertz CT molecular complexity index is 771. The zero-order valence-electron chi connectivity index (χ0n) is 14.0. The van der Waals surface area contributed by atoms with Gasteiger partial charge in [-0.15, -0.1) is 0 Å². The normalized spacial score (nSPS) is 14.3. The third kappa shape index (κ3) is 4.12. The first kappa shape index (κ1) is 17.3. The van der Waals surface area contributed by atoms with Crippen molar-refractivity contribution in [3.05, 3.63) is 59.1 Å². The van der Waals surface area contributed by atoms with Gasteiger partial charge in [0.2, 0.25) is 0 Å². The van der Waals surface area contributed by atoms with Gasteiger partial charge >= 0.3 is 11.8 Å². The zero-order chi connectivity index (χ0) is 17.8. The second-order valence-corrected chi connectivity index (χ2v) is 6.46. The summed E-state index contributed by atoms with van der Waals surface area (Å²) in [6, 6.07) is 15.2. The first-order valence-corrected chi connectivity index (χ1v) is 8.59. The number of piperazine rings is 1. The molecular formula is C19H20ClN3O2. The van der Waals surface area contributed by atoms with Crippen LogP contribution in [0.2, 0.25) is 5.02 Å². The smallest absolute Gasteiger partial charge is 0.313 e. The standard InChI is InChI=1S/C19H20ClN3O2/c1-14-13-15(20)7-8-17(14)21-18(24)19(25)23-11-9-22(10-12-23)16-5-3-2-4-6-16/h2-8,13H,9-12H2,1H3,(H,21,24). The molecule has 3 rings (SSSR count). The predicted octanol–water partition coefficient (Wildman–Crippen LogP) is 2.94. The summed E-state index contributed by atoms with van der Waals surface area (Å²) < 4.78 is 0. The van der Waals surface area contributed by atoms with Crippen molar-refractivity contribution in [1.82, 2.24) is 4.90 Å². The molecule has 0 unspecified atom stereocenters. The Hall–Kier alpha value is -2.53. The van der Waals surface area contributed by atoms with Gasteiger partial charge < -0.3 is 15.1 Å². The number of halogens is 1. The summed E-state index contributed by atoms with van der Waals surface area (Å²) in [5.74, 6) is -1.11. The molecule has 6 heteroatoms. The van der Waals surface area contributed by atoms with Crippen LogP contribution in [0.1, 0.15) is 5.56 Å². The summed E-state index contributed by atoms with van der Waals surface area (Å²) in [4.78, 5) is 28.5. The minimum Gasteiger partial charge on any atom is -0.368 e. The van der Waals surface area contributed by atoms with Gasteiger partial charge in [0.05, 0.1) is 0 Å². The van der Waals surface area contributed by atoms with Crippen molar-refractivity contribution in [2.24, 2.45) is 0 Å². The molecule has 0 bridgehead atoms. The summed E-state index contributed by atoms with van der Waals surface area (Å²) in [6.45, 7) is 4.32. The third-order valence-electron chi connectivity index (χ3n) is 4.32. The van der Waals surface area contributed by atoms with Crippen LogP contribution in [0.3, 0.4) is 0 Å². The number of anilines is 2. The Morgan fingerprint density at radius 2 is 1.68 bits per heavy atom. The van der Waals surface area contributed by atoms with E-state index in [0.717, 1.165) is 11.3 Å². The predicted molar refractivity (Wildman–Crippen MR) is 100 cm³/mol. The Kier molecular flexibility index (Phi) is 5.24. The first-order valence-electron chi connectivity index (χ1n) is 8.21. The minimum atomic E-state index is -0.612. The first-order chi connectivity index (χ1) is 12.0. The number of aryl methyl sites for hydroxylation is 1. The van der Waals surface area contributed by atoms with E-state index in [-0.39, 0.29) is 0 Å². The van der Waals surface area contributed by atoms with Gasteiger partial charge in [-0.1, -0.05) is 29.8 Å². The summed E-state index contributed by atoms with van der Waals surface area (Å²) in [7, 11) is 0. The van der Waals surface area contributed by atoms with Gasteiger partial charge in [-0.3, -0.25) is 9.59 Å². The third-order valence-corrected chi connectivity index (χ3v) is 4.55. The molecule has 0 aromatic heterocycles. The Labute approximate surface area is 152 Å². The van der Waals surface area contributed by atoms with Crippen LogP contribution in [-0.2, 0) is 9.59 Å². The summed E-state index contributed by atoms with van der Waals surface area (Å²) in [6.07, 6.45) is 0. The molecule has 25 heavy (non-hydrogen) atoms. The summed E-state index contributed by atoms with van der Waals surface area (Å²) in [5, 5.41) is 3.27. The Morgan fingerprint density at radius 1 is 1.00 bits per heavy atom. The largest absolute Gasteiger partial charge is 0.368 e. The average molecular weight is 358 g/mol. The van der Waals surface area contributed by atoms with Crippen LogP contribution in [0.4, 0.5) is 11.4 Å². The molecule has 1 fully saturated rings. The fraction of sp³-hybridized carbons (Fsp3) is 0.263. The molecule has 5 nitrogen and oxygen atoms in total. The maximum atomic E-state index is 12.4. The molecule has 2 aromatic rings. The molecule has 0 aliphatic carbocycles. The Balaban J connectivity index is 1.57. The number of para-hydroxylation sites is 1. The maximum absolute atomic E-state index is 12.4. The topological polar surface area (TPSA) is 52.7 Å². The van der Waals surface area contributed by atoms with Gasteiger partial charge in [-0.2, -0.15) is 0 Å². The lowest BCUT2D eigenvalue weighted by atomic mass is 10.2. The van der Waals surface area contributed by atoms with E-state index < -0.39 is 11.8 Å². The number of nitrogens with one attached hydrogen (secondary N) is 1. The maximum Gasteiger partial charge on any atom is 0.313 e. The molecule has 130 valence electrons. The van der Waals surface area contributed by atoms with Gasteiger partial charge in [0, 0.05) is 42.6 Å². The number of rotatable bonds is 2. The van der Waals surface area contributed by atoms with E-state index >= 15 is 0 Å². The number of benzene rings is 2. The van der Waals surface area contributed by atoms with Crippen molar-refractivity contribution in [3.8, 4) is 0 Å². The molecule has 1 saturated heterocycles. The number of carbonyl (C=O) groups excluding carboxylic acids is 2. The molecular weight excluding hydrogens is 338 g/mol. The highest BCUT2D eigenvalue weighted by atomic mass is 35.5. The van der Waals surface area contributed by atoms with Gasteiger partial charge in [0.1, 0.15) is 0 Å². The molecule has 2 aromatic carbocycles. The van der Waals surface area contributed by atoms with Crippen LogP contribution >= 0.6 is 11.6 Å². The van der Waals surface area contributed by atoms with Crippen molar-refractivity contribution in [2.75, 3.05) is 36.4 Å². The SMILES string of the molecule is Cc1cc(Cl)ccc1NC(=O)C(=O)N1CCN(c2ccccc2)CC1. The van der Waals surface area contributed by atoms with Crippen molar-refractivity contribution < 1.29 is 9.59 Å². The average Bonchev–Trinajstić information content (AvgIpc) is 2.64. The second-order valence-electron chi connectivity index (χ2n) is 6.03. The van der Waals surface area contributed by atoms with E-state index in [1.165, 1.54) is 0 Å². The minimum absolute atomic E-state index is 0.498. The van der Waals surface area contributed by atoms with Crippen LogP contribution in [-0.4, -0.2) is 42.9 Å². The number of amides is 2. The Morgan fingerprint density at radius 3 is 2.32 bits per heavy atom. The van der Waals surface area contributed by atoms with Crippen molar-refractivity contribution in [2.45, 2.75) is 6.92 Å². The molecule has 1 heterocycles. The van der Waals surface area contributed by atoms with E-state index in [9.17, 15) is 9.59 Å². The van der Waals surface area contributed by atoms with E-state index in [2.05, 4.69) is 10.2 Å². The molecule has 1 aliphatic heterocycles. The van der Waals surface area contributed by atoms with Crippen molar-refractivity contribution >= 4 is 34.8 Å². The highest BCUT2D eigenvalue weighted by Crippen LogP contribution is 2.20. The second kappa shape index (κ2) is 7.57. The molecule has 0 radical (unpaired) electrons. The van der Waals surface area contributed by atoms with Gasteiger partial charge in [-0.25, -0.2) is 0 Å². The van der Waals surface area contributed by atoms with E-state index in [1.807, 2.05) is 37.3 Å². The highest BCUT2D eigenvalue weighted by Gasteiger charge is 2.26. The molecule has 1 N–H and O–H groups in total. The van der Waals surface area contributed by atoms with Crippen LogP contribution in [0, 0.1) is 6.92 Å².